The number of carbonyl (C=O) groups is 3. The van der Waals surface area contributed by atoms with Crippen molar-refractivity contribution in [1.82, 2.24) is 16.0 Å². The van der Waals surface area contributed by atoms with Crippen LogP contribution in [0.3, 0.4) is 0 Å². The van der Waals surface area contributed by atoms with Gasteiger partial charge in [0, 0.05) is 42.6 Å². The topological polar surface area (TPSA) is 87.3 Å². The van der Waals surface area contributed by atoms with Crippen molar-refractivity contribution in [2.75, 3.05) is 24.3 Å². The van der Waals surface area contributed by atoms with Gasteiger partial charge in [0.2, 0.25) is 5.91 Å². The van der Waals surface area contributed by atoms with Crippen molar-refractivity contribution in [3.8, 4) is 0 Å². The first kappa shape index (κ1) is 25.7. The van der Waals surface area contributed by atoms with Crippen LogP contribution in [-0.2, 0) is 9.59 Å². The van der Waals surface area contributed by atoms with Gasteiger partial charge in [0.05, 0.1) is 12.1 Å². The lowest BCUT2D eigenvalue weighted by Crippen LogP contribution is -2.36. The van der Waals surface area contributed by atoms with Crippen molar-refractivity contribution in [3.05, 3.63) is 0 Å². The number of thioether (sulfide) groups is 1. The van der Waals surface area contributed by atoms with Gasteiger partial charge < -0.3 is 16.0 Å². The van der Waals surface area contributed by atoms with E-state index in [0.29, 0.717) is 30.3 Å². The summed E-state index contributed by atoms with van der Waals surface area (Å²) in [7, 11) is 3.41. The minimum Gasteiger partial charge on any atom is -0.356 e. The fourth-order valence-corrected chi connectivity index (χ4v) is 6.68. The van der Waals surface area contributed by atoms with E-state index in [0.717, 1.165) is 69.4 Å². The first-order chi connectivity index (χ1) is 14.6. The number of fused-ring (bicyclic) bond motifs is 1. The third kappa shape index (κ3) is 10.2. The Kier molecular flexibility index (Phi) is 13.1. The summed E-state index contributed by atoms with van der Waals surface area (Å²) in [5.74, 6) is 2.41. The quantitative estimate of drug-likeness (QED) is 0.166. The summed E-state index contributed by atoms with van der Waals surface area (Å²) in [6.45, 7) is 0.766. The van der Waals surface area contributed by atoms with Gasteiger partial charge in [-0.1, -0.05) is 47.3 Å². The highest BCUT2D eigenvalue weighted by atomic mass is 33.1. The summed E-state index contributed by atoms with van der Waals surface area (Å²) in [5.41, 5.74) is 0. The zero-order valence-electron chi connectivity index (χ0n) is 18.1. The molecule has 2 heterocycles. The summed E-state index contributed by atoms with van der Waals surface area (Å²) in [6.07, 6.45) is 12.5. The molecule has 0 aliphatic carbocycles. The molecule has 2 rings (SSSR count). The Balaban J connectivity index is 1.35. The summed E-state index contributed by atoms with van der Waals surface area (Å²) in [6, 6.07) is 0.524. The van der Waals surface area contributed by atoms with Gasteiger partial charge in [-0.15, -0.1) is 0 Å². The second kappa shape index (κ2) is 15.3. The minimum atomic E-state index is -0.0314. The van der Waals surface area contributed by atoms with Crippen LogP contribution in [0.1, 0.15) is 70.6 Å². The maximum atomic E-state index is 12.1. The second-order valence-electron chi connectivity index (χ2n) is 8.01. The summed E-state index contributed by atoms with van der Waals surface area (Å²) in [4.78, 5) is 35.0. The summed E-state index contributed by atoms with van der Waals surface area (Å²) >= 11 is 1.94. The molecular weight excluding hydrogens is 438 g/mol. The lowest BCUT2D eigenvalue weighted by molar-refractivity contribution is -0.121. The zero-order valence-corrected chi connectivity index (χ0v) is 20.5. The molecule has 2 aliphatic heterocycles. The number of ketones is 1. The van der Waals surface area contributed by atoms with Crippen LogP contribution in [0.4, 0.5) is 4.79 Å². The molecule has 3 amide bonds. The third-order valence-corrected chi connectivity index (χ3v) is 8.94. The molecule has 0 aromatic heterocycles. The summed E-state index contributed by atoms with van der Waals surface area (Å²) < 4.78 is 0. The molecule has 9 heteroatoms. The molecule has 0 bridgehead atoms. The first-order valence-electron chi connectivity index (χ1n) is 11.2. The van der Waals surface area contributed by atoms with E-state index >= 15 is 0 Å². The van der Waals surface area contributed by atoms with Gasteiger partial charge in [-0.25, -0.2) is 4.79 Å². The molecular formula is C21H37N3O3S3. The average molecular weight is 476 g/mol. The SMILES string of the molecule is CSSCCC(=O)NCCCCCCCC(=O)CCCCC1SCC2NC(=O)NC21. The highest BCUT2D eigenvalue weighted by Crippen LogP contribution is 2.33. The number of rotatable bonds is 17. The molecule has 172 valence electrons. The van der Waals surface area contributed by atoms with Gasteiger partial charge in [0.1, 0.15) is 5.78 Å². The standard InChI is InChI=1S/C21H37N3O3S3/c1-28-30-14-12-19(26)22-13-8-4-2-3-5-9-16(25)10-6-7-11-18-20-17(15-29-18)23-21(27)24-20/h17-18,20H,2-15H2,1H3,(H,22,26)(H2,23,24,27). The van der Waals surface area contributed by atoms with Crippen LogP contribution in [0, 0.1) is 0 Å². The second-order valence-corrected chi connectivity index (χ2v) is 12.0. The van der Waals surface area contributed by atoms with Gasteiger partial charge in [-0.3, -0.25) is 9.59 Å². The lowest BCUT2D eigenvalue weighted by atomic mass is 10.0. The van der Waals surface area contributed by atoms with Crippen LogP contribution in [0.5, 0.6) is 0 Å². The average Bonchev–Trinajstić information content (AvgIpc) is 3.27. The predicted octanol–water partition coefficient (Wildman–Crippen LogP) is 4.14. The van der Waals surface area contributed by atoms with Crippen molar-refractivity contribution in [1.29, 1.82) is 0 Å². The molecule has 3 unspecified atom stereocenters. The molecule has 0 saturated carbocycles. The van der Waals surface area contributed by atoms with Crippen molar-refractivity contribution in [3.63, 3.8) is 0 Å². The van der Waals surface area contributed by atoms with E-state index in [1.54, 1.807) is 21.6 Å². The molecule has 3 atom stereocenters. The molecule has 2 aliphatic rings. The first-order valence-corrected chi connectivity index (χ1v) is 15.0. The van der Waals surface area contributed by atoms with Crippen LogP contribution in [0.15, 0.2) is 0 Å². The van der Waals surface area contributed by atoms with Crippen molar-refractivity contribution >= 4 is 51.1 Å². The smallest absolute Gasteiger partial charge is 0.315 e. The molecule has 30 heavy (non-hydrogen) atoms. The Labute approximate surface area is 193 Å². The van der Waals surface area contributed by atoms with E-state index in [2.05, 4.69) is 16.0 Å². The number of unbranched alkanes of at least 4 members (excludes halogenated alkanes) is 5. The van der Waals surface area contributed by atoms with Gasteiger partial charge in [0.25, 0.3) is 0 Å². The molecule has 2 saturated heterocycles. The number of amides is 3. The van der Waals surface area contributed by atoms with Crippen LogP contribution in [0.25, 0.3) is 0 Å². The molecule has 0 radical (unpaired) electrons. The maximum absolute atomic E-state index is 12.1. The van der Waals surface area contributed by atoms with E-state index in [-0.39, 0.29) is 24.0 Å². The number of urea groups is 1. The zero-order chi connectivity index (χ0) is 21.6. The number of hydrogen-bond acceptors (Lipinski definition) is 6. The predicted molar refractivity (Wildman–Crippen MR) is 130 cm³/mol. The Morgan fingerprint density at radius 3 is 2.57 bits per heavy atom. The summed E-state index contributed by atoms with van der Waals surface area (Å²) in [5, 5.41) is 9.45. The van der Waals surface area contributed by atoms with Crippen molar-refractivity contribution < 1.29 is 14.4 Å². The molecule has 6 nitrogen and oxygen atoms in total. The van der Waals surface area contributed by atoms with Crippen molar-refractivity contribution in [2.45, 2.75) is 88.0 Å². The number of carbonyl (C=O) groups excluding carboxylic acids is 3. The minimum absolute atomic E-state index is 0.0314. The molecule has 0 aromatic carbocycles. The maximum Gasteiger partial charge on any atom is 0.315 e. The van der Waals surface area contributed by atoms with Gasteiger partial charge in [0.15, 0.2) is 0 Å². The van der Waals surface area contributed by atoms with E-state index in [4.69, 9.17) is 0 Å². The highest BCUT2D eigenvalue weighted by Gasteiger charge is 2.42. The number of nitrogens with one attached hydrogen (secondary N) is 3. The Morgan fingerprint density at radius 2 is 1.77 bits per heavy atom. The van der Waals surface area contributed by atoms with Gasteiger partial charge in [-0.2, -0.15) is 11.8 Å². The third-order valence-electron chi connectivity index (χ3n) is 5.62. The molecule has 3 N–H and O–H groups in total. The largest absolute Gasteiger partial charge is 0.356 e. The van der Waals surface area contributed by atoms with Crippen LogP contribution in [-0.4, -0.2) is 59.4 Å². The number of Topliss-reactive ketones (excluding diaryl/α,β-unsaturated/α-hetero) is 1. The molecule has 0 aromatic rings. The van der Waals surface area contributed by atoms with E-state index < -0.39 is 0 Å². The van der Waals surface area contributed by atoms with Crippen LogP contribution < -0.4 is 16.0 Å². The lowest BCUT2D eigenvalue weighted by Gasteiger charge is -2.16. The Morgan fingerprint density at radius 1 is 1.03 bits per heavy atom. The number of hydrogen-bond donors (Lipinski definition) is 3. The van der Waals surface area contributed by atoms with E-state index in [1.807, 2.05) is 18.0 Å². The normalized spacial score (nSPS) is 22.4. The Bertz CT molecular complexity index is 551. The van der Waals surface area contributed by atoms with Crippen LogP contribution >= 0.6 is 33.3 Å². The van der Waals surface area contributed by atoms with E-state index in [9.17, 15) is 14.4 Å². The molecule has 0 spiro atoms. The van der Waals surface area contributed by atoms with Crippen LogP contribution in [0.2, 0.25) is 0 Å². The Hall–Kier alpha value is -0.540. The fraction of sp³-hybridized carbons (Fsp3) is 0.857. The monoisotopic (exact) mass is 475 g/mol. The van der Waals surface area contributed by atoms with Gasteiger partial charge >= 0.3 is 6.03 Å². The van der Waals surface area contributed by atoms with Gasteiger partial charge in [-0.05, 0) is 31.9 Å². The fourth-order valence-electron chi connectivity index (χ4n) is 3.95. The molecule has 2 fully saturated rings. The highest BCUT2D eigenvalue weighted by molar-refractivity contribution is 8.76. The van der Waals surface area contributed by atoms with E-state index in [1.165, 1.54) is 0 Å². The van der Waals surface area contributed by atoms with Crippen molar-refractivity contribution in [2.24, 2.45) is 0 Å².